The number of ether oxygens (including phenoxy) is 3. The van der Waals surface area contributed by atoms with Crippen molar-refractivity contribution in [2.24, 2.45) is 5.92 Å². The van der Waals surface area contributed by atoms with Gasteiger partial charge in [0.25, 0.3) is 0 Å². The zero-order chi connectivity index (χ0) is 18.2. The Morgan fingerprint density at radius 2 is 1.46 bits per heavy atom. The van der Waals surface area contributed by atoms with Gasteiger partial charge in [0.1, 0.15) is 0 Å². The number of nitrogens with one attached hydrogen (secondary N) is 1. The van der Waals surface area contributed by atoms with Crippen LogP contribution in [-0.2, 0) is 19.0 Å². The summed E-state index contributed by atoms with van der Waals surface area (Å²) in [7, 11) is 1.82. The van der Waals surface area contributed by atoms with Crippen LogP contribution in [-0.4, -0.2) is 76.6 Å². The zero-order valence-corrected chi connectivity index (χ0v) is 16.3. The van der Waals surface area contributed by atoms with Crippen molar-refractivity contribution in [2.45, 2.75) is 46.6 Å². The first-order valence-electron chi connectivity index (χ1n) is 9.24. The van der Waals surface area contributed by atoms with Crippen LogP contribution < -0.4 is 5.32 Å². The van der Waals surface area contributed by atoms with E-state index in [2.05, 4.69) is 19.2 Å². The summed E-state index contributed by atoms with van der Waals surface area (Å²) in [6.45, 7) is 13.3. The molecule has 0 aliphatic carbocycles. The van der Waals surface area contributed by atoms with Gasteiger partial charge in [0, 0.05) is 32.1 Å². The molecule has 144 valence electrons. The van der Waals surface area contributed by atoms with E-state index in [-0.39, 0.29) is 11.8 Å². The van der Waals surface area contributed by atoms with Crippen LogP contribution in [0.3, 0.4) is 0 Å². The average Bonchev–Trinajstić information content (AvgIpc) is 2.60. The van der Waals surface area contributed by atoms with Crippen molar-refractivity contribution in [1.82, 2.24) is 10.2 Å². The predicted octanol–water partition coefficient (Wildman–Crippen LogP) is 1.93. The van der Waals surface area contributed by atoms with Crippen molar-refractivity contribution in [3.63, 3.8) is 0 Å². The van der Waals surface area contributed by atoms with Crippen molar-refractivity contribution in [1.29, 1.82) is 0 Å². The molecule has 0 radical (unpaired) electrons. The lowest BCUT2D eigenvalue weighted by Crippen LogP contribution is -2.34. The SMILES string of the molecule is CCC(C)NCCOCCOCCOCCN(C)C(=O)C(C)CC. The van der Waals surface area contributed by atoms with Crippen molar-refractivity contribution >= 4 is 5.91 Å². The number of carbonyl (C=O) groups is 1. The average molecular weight is 347 g/mol. The summed E-state index contributed by atoms with van der Waals surface area (Å²) in [6.07, 6.45) is 2.00. The van der Waals surface area contributed by atoms with Crippen molar-refractivity contribution in [2.75, 3.05) is 59.8 Å². The van der Waals surface area contributed by atoms with Gasteiger partial charge in [0.2, 0.25) is 5.91 Å². The molecule has 0 aliphatic heterocycles. The second kappa shape index (κ2) is 15.8. The molecule has 6 nitrogen and oxygen atoms in total. The first-order chi connectivity index (χ1) is 11.5. The summed E-state index contributed by atoms with van der Waals surface area (Å²) in [6, 6.07) is 0.543. The summed E-state index contributed by atoms with van der Waals surface area (Å²) in [5, 5.41) is 3.37. The molecule has 0 heterocycles. The van der Waals surface area contributed by atoms with Gasteiger partial charge in [0.05, 0.1) is 39.6 Å². The highest BCUT2D eigenvalue weighted by molar-refractivity contribution is 5.78. The summed E-state index contributed by atoms with van der Waals surface area (Å²) >= 11 is 0. The minimum absolute atomic E-state index is 0.0821. The molecule has 1 amide bonds. The minimum Gasteiger partial charge on any atom is -0.378 e. The van der Waals surface area contributed by atoms with E-state index in [0.29, 0.717) is 52.2 Å². The van der Waals surface area contributed by atoms with Crippen LogP contribution in [0.2, 0.25) is 0 Å². The smallest absolute Gasteiger partial charge is 0.225 e. The third kappa shape index (κ3) is 12.7. The number of amides is 1. The maximum Gasteiger partial charge on any atom is 0.225 e. The maximum absolute atomic E-state index is 11.9. The standard InChI is InChI=1S/C18H38N2O4/c1-6-16(3)18(21)20(5)9-11-23-13-15-24-14-12-22-10-8-19-17(4)7-2/h16-17,19H,6-15H2,1-5H3. The molecule has 0 spiro atoms. The predicted molar refractivity (Wildman–Crippen MR) is 97.3 cm³/mol. The van der Waals surface area contributed by atoms with Gasteiger partial charge in [-0.25, -0.2) is 0 Å². The molecular weight excluding hydrogens is 308 g/mol. The van der Waals surface area contributed by atoms with E-state index in [1.165, 1.54) is 0 Å². The Morgan fingerprint density at radius 3 is 2.00 bits per heavy atom. The van der Waals surface area contributed by atoms with E-state index >= 15 is 0 Å². The molecule has 0 saturated carbocycles. The summed E-state index contributed by atoms with van der Waals surface area (Å²) in [4.78, 5) is 13.6. The van der Waals surface area contributed by atoms with E-state index in [4.69, 9.17) is 14.2 Å². The highest BCUT2D eigenvalue weighted by Crippen LogP contribution is 2.04. The Hall–Kier alpha value is -0.690. The number of rotatable bonds is 16. The van der Waals surface area contributed by atoms with E-state index in [1.807, 2.05) is 20.9 Å². The topological polar surface area (TPSA) is 60.0 Å². The molecule has 1 N–H and O–H groups in total. The zero-order valence-electron chi connectivity index (χ0n) is 16.3. The molecular formula is C18H38N2O4. The lowest BCUT2D eigenvalue weighted by Gasteiger charge is -2.20. The Kier molecular flexibility index (Phi) is 15.4. The van der Waals surface area contributed by atoms with Gasteiger partial charge in [-0.05, 0) is 19.8 Å². The second-order valence-electron chi connectivity index (χ2n) is 6.17. The molecule has 0 aromatic carbocycles. The van der Waals surface area contributed by atoms with Gasteiger partial charge in [-0.2, -0.15) is 0 Å². The Labute approximate surface area is 148 Å². The molecule has 0 rings (SSSR count). The van der Waals surface area contributed by atoms with Gasteiger partial charge in [-0.1, -0.05) is 20.8 Å². The second-order valence-corrected chi connectivity index (χ2v) is 6.17. The fraction of sp³-hybridized carbons (Fsp3) is 0.944. The summed E-state index contributed by atoms with van der Waals surface area (Å²) in [5.41, 5.74) is 0. The molecule has 2 atom stereocenters. The molecule has 0 aromatic heterocycles. The van der Waals surface area contributed by atoms with Crippen molar-refractivity contribution in [3.05, 3.63) is 0 Å². The number of hydrogen-bond donors (Lipinski definition) is 1. The Morgan fingerprint density at radius 1 is 0.917 bits per heavy atom. The Bertz CT molecular complexity index is 303. The van der Waals surface area contributed by atoms with Gasteiger partial charge in [0.15, 0.2) is 0 Å². The van der Waals surface area contributed by atoms with E-state index < -0.39 is 0 Å². The van der Waals surface area contributed by atoms with Crippen LogP contribution in [0.25, 0.3) is 0 Å². The molecule has 0 fully saturated rings. The highest BCUT2D eigenvalue weighted by Gasteiger charge is 2.14. The van der Waals surface area contributed by atoms with Crippen LogP contribution >= 0.6 is 0 Å². The fourth-order valence-electron chi connectivity index (χ4n) is 1.93. The maximum atomic E-state index is 11.9. The summed E-state index contributed by atoms with van der Waals surface area (Å²) < 4.78 is 16.4. The van der Waals surface area contributed by atoms with Crippen molar-refractivity contribution < 1.29 is 19.0 Å². The van der Waals surface area contributed by atoms with E-state index in [1.54, 1.807) is 4.90 Å². The molecule has 2 unspecified atom stereocenters. The van der Waals surface area contributed by atoms with E-state index in [0.717, 1.165) is 19.4 Å². The third-order valence-corrected chi connectivity index (χ3v) is 4.08. The molecule has 0 aromatic rings. The normalized spacial score (nSPS) is 13.7. The van der Waals surface area contributed by atoms with Gasteiger partial charge in [-0.3, -0.25) is 4.79 Å². The molecule has 0 aliphatic rings. The first kappa shape index (κ1) is 23.3. The highest BCUT2D eigenvalue weighted by atomic mass is 16.5. The van der Waals surface area contributed by atoms with Crippen molar-refractivity contribution in [3.8, 4) is 0 Å². The first-order valence-corrected chi connectivity index (χ1v) is 9.24. The number of carbonyl (C=O) groups excluding carboxylic acids is 1. The molecule has 24 heavy (non-hydrogen) atoms. The Balaban J connectivity index is 3.30. The minimum atomic E-state index is 0.0821. The lowest BCUT2D eigenvalue weighted by atomic mass is 10.1. The number of likely N-dealkylation sites (N-methyl/N-ethyl adjacent to an activating group) is 1. The van der Waals surface area contributed by atoms with Gasteiger partial charge in [-0.15, -0.1) is 0 Å². The van der Waals surface area contributed by atoms with E-state index in [9.17, 15) is 4.79 Å². The van der Waals surface area contributed by atoms with Crippen LogP contribution in [0.5, 0.6) is 0 Å². The molecule has 6 heteroatoms. The quantitative estimate of drug-likeness (QED) is 0.433. The molecule has 0 saturated heterocycles. The summed E-state index contributed by atoms with van der Waals surface area (Å²) in [5.74, 6) is 0.260. The van der Waals surface area contributed by atoms with Crippen LogP contribution in [0.1, 0.15) is 40.5 Å². The lowest BCUT2D eigenvalue weighted by molar-refractivity contribution is -0.134. The van der Waals surface area contributed by atoms with Crippen LogP contribution in [0.4, 0.5) is 0 Å². The van der Waals surface area contributed by atoms with Gasteiger partial charge >= 0.3 is 0 Å². The number of hydrogen-bond acceptors (Lipinski definition) is 5. The van der Waals surface area contributed by atoms with Crippen LogP contribution in [0.15, 0.2) is 0 Å². The largest absolute Gasteiger partial charge is 0.378 e. The fourth-order valence-corrected chi connectivity index (χ4v) is 1.93. The van der Waals surface area contributed by atoms with Crippen LogP contribution in [0, 0.1) is 5.92 Å². The number of nitrogens with zero attached hydrogens (tertiary/aromatic N) is 1. The third-order valence-electron chi connectivity index (χ3n) is 4.08. The molecule has 0 bridgehead atoms. The van der Waals surface area contributed by atoms with Gasteiger partial charge < -0.3 is 24.4 Å². The monoisotopic (exact) mass is 346 g/mol.